The second-order valence-electron chi connectivity index (χ2n) is 5.62. The van der Waals surface area contributed by atoms with E-state index in [-0.39, 0.29) is 0 Å². The zero-order valence-electron chi connectivity index (χ0n) is 10.0. The van der Waals surface area contributed by atoms with E-state index in [4.69, 9.17) is 5.73 Å². The Bertz CT molecular complexity index is 413. The molecule has 1 aliphatic carbocycles. The Morgan fingerprint density at radius 2 is 2.38 bits per heavy atom. The fourth-order valence-corrected chi connectivity index (χ4v) is 3.10. The first kappa shape index (κ1) is 10.2. The van der Waals surface area contributed by atoms with Gasteiger partial charge in [-0.2, -0.15) is 0 Å². The highest BCUT2D eigenvalue weighted by molar-refractivity contribution is 5.46. The fourth-order valence-electron chi connectivity index (χ4n) is 3.10. The molecule has 1 radical (unpaired) electrons. The molecule has 1 saturated heterocycles. The Balaban J connectivity index is 1.87. The third kappa shape index (κ3) is 1.36. The van der Waals surface area contributed by atoms with Gasteiger partial charge in [-0.05, 0) is 49.9 Å². The van der Waals surface area contributed by atoms with Gasteiger partial charge in [0.15, 0.2) is 0 Å². The molecule has 85 valence electrons. The minimum atomic E-state index is 0.389. The largest absolute Gasteiger partial charge is 0.399 e. The molecule has 1 saturated carbocycles. The fraction of sp³-hybridized carbons (Fsp3) is 0.571. The van der Waals surface area contributed by atoms with Gasteiger partial charge in [-0.3, -0.25) is 4.90 Å². The van der Waals surface area contributed by atoms with Crippen molar-refractivity contribution in [2.45, 2.75) is 31.7 Å². The van der Waals surface area contributed by atoms with E-state index >= 15 is 0 Å². The molecule has 1 aliphatic heterocycles. The van der Waals surface area contributed by atoms with Gasteiger partial charge in [0.2, 0.25) is 0 Å². The number of nitrogen functional groups attached to an aromatic ring is 1. The molecule has 0 unspecified atom stereocenters. The molecular weight excluding hydrogens is 196 g/mol. The van der Waals surface area contributed by atoms with E-state index < -0.39 is 0 Å². The lowest BCUT2D eigenvalue weighted by atomic mass is 9.94. The molecule has 2 fully saturated rings. The monoisotopic (exact) mass is 215 g/mol. The van der Waals surface area contributed by atoms with Gasteiger partial charge in [0.25, 0.3) is 0 Å². The third-order valence-electron chi connectivity index (χ3n) is 4.26. The Labute approximate surface area is 97.4 Å². The van der Waals surface area contributed by atoms with Crippen LogP contribution in [0.1, 0.15) is 25.8 Å². The zero-order valence-corrected chi connectivity index (χ0v) is 10.0. The number of nitrogens with zero attached hydrogens (tertiary/aromatic N) is 1. The number of rotatable bonds is 2. The lowest BCUT2D eigenvalue weighted by Gasteiger charge is -2.24. The molecule has 0 amide bonds. The standard InChI is InChI=1S/C14H19N2/c1-10(2)16-8-12-7-14(12,9-16)11-4-3-5-13(15)6-11/h3,5-6,10,12H,7-9,15H2,1-2H3/t12-,14+/m1/s1. The Hall–Kier alpha value is -1.02. The molecule has 0 spiro atoms. The normalized spacial score (nSPS) is 33.1. The second-order valence-corrected chi connectivity index (χ2v) is 5.62. The molecule has 2 heteroatoms. The van der Waals surface area contributed by atoms with Crippen LogP contribution in [0.25, 0.3) is 0 Å². The maximum Gasteiger partial charge on any atom is 0.0317 e. The SMILES string of the molecule is CC(C)N1C[C@H]2C[C@@]2(c2[c]ccc(N)c2)C1. The van der Waals surface area contributed by atoms with Crippen LogP contribution in [-0.2, 0) is 5.41 Å². The number of benzene rings is 1. The van der Waals surface area contributed by atoms with Gasteiger partial charge < -0.3 is 5.73 Å². The van der Waals surface area contributed by atoms with E-state index in [9.17, 15) is 0 Å². The average molecular weight is 215 g/mol. The third-order valence-corrected chi connectivity index (χ3v) is 4.26. The predicted molar refractivity (Wildman–Crippen MR) is 66.2 cm³/mol. The van der Waals surface area contributed by atoms with Gasteiger partial charge in [-0.1, -0.05) is 6.07 Å². The van der Waals surface area contributed by atoms with Crippen molar-refractivity contribution >= 4 is 5.69 Å². The molecule has 2 nitrogen and oxygen atoms in total. The number of piperidine rings is 1. The summed E-state index contributed by atoms with van der Waals surface area (Å²) >= 11 is 0. The molecule has 3 rings (SSSR count). The maximum atomic E-state index is 5.86. The number of hydrogen-bond donors (Lipinski definition) is 1. The first-order valence-corrected chi connectivity index (χ1v) is 6.13. The first-order chi connectivity index (χ1) is 7.62. The van der Waals surface area contributed by atoms with Gasteiger partial charge in [-0.25, -0.2) is 0 Å². The summed E-state index contributed by atoms with van der Waals surface area (Å²) in [5, 5.41) is 0. The summed E-state index contributed by atoms with van der Waals surface area (Å²) in [6.07, 6.45) is 1.33. The molecule has 16 heavy (non-hydrogen) atoms. The quantitative estimate of drug-likeness (QED) is 0.765. The van der Waals surface area contributed by atoms with Crippen molar-refractivity contribution in [3.63, 3.8) is 0 Å². The minimum Gasteiger partial charge on any atom is -0.399 e. The van der Waals surface area contributed by atoms with E-state index in [0.29, 0.717) is 11.5 Å². The highest BCUT2D eigenvalue weighted by Gasteiger charge is 2.60. The van der Waals surface area contributed by atoms with Gasteiger partial charge in [-0.15, -0.1) is 0 Å². The van der Waals surface area contributed by atoms with Crippen LogP contribution >= 0.6 is 0 Å². The molecular formula is C14H19N2. The minimum absolute atomic E-state index is 0.389. The summed E-state index contributed by atoms with van der Waals surface area (Å²) in [5.74, 6) is 0.841. The summed E-state index contributed by atoms with van der Waals surface area (Å²) < 4.78 is 0. The van der Waals surface area contributed by atoms with Crippen molar-refractivity contribution in [3.05, 3.63) is 29.8 Å². The van der Waals surface area contributed by atoms with Crippen LogP contribution < -0.4 is 5.73 Å². The van der Waals surface area contributed by atoms with Crippen LogP contribution in [0, 0.1) is 12.0 Å². The van der Waals surface area contributed by atoms with E-state index in [1.54, 1.807) is 0 Å². The molecule has 0 bridgehead atoms. The summed E-state index contributed by atoms with van der Waals surface area (Å²) in [6, 6.07) is 10.0. The number of hydrogen-bond acceptors (Lipinski definition) is 2. The van der Waals surface area contributed by atoms with Crippen LogP contribution in [0.4, 0.5) is 5.69 Å². The van der Waals surface area contributed by atoms with Crippen molar-refractivity contribution in [1.29, 1.82) is 0 Å². The van der Waals surface area contributed by atoms with Crippen LogP contribution in [0.15, 0.2) is 18.2 Å². The van der Waals surface area contributed by atoms with Crippen LogP contribution in [0.5, 0.6) is 0 Å². The lowest BCUT2D eigenvalue weighted by molar-refractivity contribution is 0.243. The Morgan fingerprint density at radius 3 is 3.00 bits per heavy atom. The van der Waals surface area contributed by atoms with Gasteiger partial charge in [0, 0.05) is 30.2 Å². The molecule has 2 atom stereocenters. The van der Waals surface area contributed by atoms with Crippen molar-refractivity contribution in [2.24, 2.45) is 5.92 Å². The molecule has 1 heterocycles. The average Bonchev–Trinajstić information content (AvgIpc) is 2.82. The van der Waals surface area contributed by atoms with Crippen LogP contribution in [0.3, 0.4) is 0 Å². The van der Waals surface area contributed by atoms with Crippen molar-refractivity contribution in [1.82, 2.24) is 4.90 Å². The molecule has 1 aromatic carbocycles. The molecule has 0 aromatic heterocycles. The van der Waals surface area contributed by atoms with Gasteiger partial charge in [0.05, 0.1) is 0 Å². The van der Waals surface area contributed by atoms with E-state index in [0.717, 1.165) is 11.6 Å². The molecule has 1 aromatic rings. The van der Waals surface area contributed by atoms with Gasteiger partial charge >= 0.3 is 0 Å². The summed E-state index contributed by atoms with van der Waals surface area (Å²) in [4.78, 5) is 2.57. The van der Waals surface area contributed by atoms with Crippen LogP contribution in [0.2, 0.25) is 0 Å². The Morgan fingerprint density at radius 1 is 1.56 bits per heavy atom. The highest BCUT2D eigenvalue weighted by atomic mass is 15.2. The predicted octanol–water partition coefficient (Wildman–Crippen LogP) is 2.05. The number of anilines is 1. The summed E-state index contributed by atoms with van der Waals surface area (Å²) in [5.41, 5.74) is 8.46. The summed E-state index contributed by atoms with van der Waals surface area (Å²) in [6.45, 7) is 7.00. The second kappa shape index (κ2) is 3.24. The van der Waals surface area contributed by atoms with Crippen molar-refractivity contribution in [2.75, 3.05) is 18.8 Å². The van der Waals surface area contributed by atoms with E-state index in [2.05, 4.69) is 30.9 Å². The highest BCUT2D eigenvalue weighted by Crippen LogP contribution is 2.59. The first-order valence-electron chi connectivity index (χ1n) is 6.13. The number of likely N-dealkylation sites (tertiary alicyclic amines) is 1. The lowest BCUT2D eigenvalue weighted by Crippen LogP contribution is -2.32. The van der Waals surface area contributed by atoms with Crippen LogP contribution in [-0.4, -0.2) is 24.0 Å². The van der Waals surface area contributed by atoms with Crippen molar-refractivity contribution < 1.29 is 0 Å². The van der Waals surface area contributed by atoms with E-state index in [1.165, 1.54) is 25.1 Å². The molecule has 2 N–H and O–H groups in total. The summed E-state index contributed by atoms with van der Waals surface area (Å²) in [7, 11) is 0. The van der Waals surface area contributed by atoms with E-state index in [1.807, 2.05) is 12.1 Å². The topological polar surface area (TPSA) is 29.3 Å². The number of fused-ring (bicyclic) bond motifs is 1. The van der Waals surface area contributed by atoms with Crippen molar-refractivity contribution in [3.8, 4) is 0 Å². The molecule has 2 aliphatic rings. The Kier molecular flexibility index (Phi) is 2.05. The zero-order chi connectivity index (χ0) is 11.3. The van der Waals surface area contributed by atoms with Gasteiger partial charge in [0.1, 0.15) is 0 Å². The number of nitrogens with two attached hydrogens (primary N) is 1. The smallest absolute Gasteiger partial charge is 0.0317 e. The maximum absolute atomic E-state index is 5.86.